The lowest BCUT2D eigenvalue weighted by molar-refractivity contribution is -0.0568. The van der Waals surface area contributed by atoms with Gasteiger partial charge in [0.25, 0.3) is 0 Å². The van der Waals surface area contributed by atoms with Crippen molar-refractivity contribution in [3.8, 4) is 0 Å². The first-order chi connectivity index (χ1) is 15.4. The van der Waals surface area contributed by atoms with Gasteiger partial charge in [0.2, 0.25) is 0 Å². The fourth-order valence-electron chi connectivity index (χ4n) is 5.27. The van der Waals surface area contributed by atoms with Crippen molar-refractivity contribution < 1.29 is 10.5 Å². The molecule has 3 atom stereocenters. The standard InChI is InChI=1S/C28H37FN2O/c1-16(2)31(10)15-17(3)14-28(23-11-12-25(29)20(6)19(23)5)24-13-18(4)27(30-9)21(7)26(24)22(8)32-28/h11-13,16-17,22H,14-15H2,1-8,10H3/t17?,22?,28-/m0/s1/i13D. The Morgan fingerprint density at radius 2 is 1.81 bits per heavy atom. The Morgan fingerprint density at radius 3 is 2.41 bits per heavy atom. The van der Waals surface area contributed by atoms with Gasteiger partial charge in [-0.25, -0.2) is 9.24 Å². The van der Waals surface area contributed by atoms with Crippen LogP contribution in [-0.4, -0.2) is 24.5 Å². The van der Waals surface area contributed by atoms with Crippen LogP contribution in [0.15, 0.2) is 18.2 Å². The molecule has 172 valence electrons. The molecule has 0 fully saturated rings. The molecule has 1 heterocycles. The van der Waals surface area contributed by atoms with Crippen molar-refractivity contribution in [2.24, 2.45) is 5.92 Å². The SMILES string of the molecule is [2H]c1c(C)c([N+]#[C-])c(C)c2c1[C@](CC(C)CN(C)C(C)C)(c1ccc(F)c(C)c1C)OC2C. The molecule has 1 aliphatic heterocycles. The Balaban J connectivity index is 2.32. The first kappa shape index (κ1) is 23.0. The molecule has 2 unspecified atom stereocenters. The summed E-state index contributed by atoms with van der Waals surface area (Å²) in [6.07, 6.45) is 0.417. The average Bonchev–Trinajstić information content (AvgIpc) is 3.03. The molecular weight excluding hydrogens is 399 g/mol. The van der Waals surface area contributed by atoms with Crippen LogP contribution in [0.25, 0.3) is 4.85 Å². The summed E-state index contributed by atoms with van der Waals surface area (Å²) in [5.74, 6) is 0.0351. The third kappa shape index (κ3) is 3.98. The van der Waals surface area contributed by atoms with Crippen LogP contribution in [0, 0.1) is 46.0 Å². The summed E-state index contributed by atoms with van der Waals surface area (Å²) in [4.78, 5) is 6.06. The van der Waals surface area contributed by atoms with E-state index < -0.39 is 5.60 Å². The molecule has 0 N–H and O–H groups in total. The van der Waals surface area contributed by atoms with Crippen LogP contribution < -0.4 is 0 Å². The molecule has 3 rings (SSSR count). The number of ether oxygens (including phenoxy) is 1. The smallest absolute Gasteiger partial charge is 0.193 e. The minimum absolute atomic E-state index is 0.230. The number of fused-ring (bicyclic) bond motifs is 1. The van der Waals surface area contributed by atoms with E-state index in [1.807, 2.05) is 33.8 Å². The third-order valence-electron chi connectivity index (χ3n) is 7.27. The number of halogens is 1. The number of rotatable bonds is 6. The van der Waals surface area contributed by atoms with E-state index in [1.54, 1.807) is 6.92 Å². The van der Waals surface area contributed by atoms with Crippen molar-refractivity contribution in [1.82, 2.24) is 4.90 Å². The van der Waals surface area contributed by atoms with Crippen LogP contribution in [0.3, 0.4) is 0 Å². The highest BCUT2D eigenvalue weighted by atomic mass is 19.1. The van der Waals surface area contributed by atoms with Crippen molar-refractivity contribution in [1.29, 1.82) is 0 Å². The molecule has 0 spiro atoms. The lowest BCUT2D eigenvalue weighted by atomic mass is 9.75. The van der Waals surface area contributed by atoms with Crippen LogP contribution in [0.1, 0.15) is 80.5 Å². The zero-order valence-corrected chi connectivity index (χ0v) is 21.0. The maximum Gasteiger partial charge on any atom is 0.193 e. The highest BCUT2D eigenvalue weighted by molar-refractivity contribution is 5.66. The van der Waals surface area contributed by atoms with Crippen LogP contribution in [0.4, 0.5) is 10.1 Å². The van der Waals surface area contributed by atoms with Crippen molar-refractivity contribution in [2.75, 3.05) is 13.6 Å². The van der Waals surface area contributed by atoms with Gasteiger partial charge in [-0.1, -0.05) is 19.0 Å². The minimum Gasteiger partial charge on any atom is -0.358 e. The predicted molar refractivity (Wildman–Crippen MR) is 130 cm³/mol. The first-order valence-electron chi connectivity index (χ1n) is 12.0. The summed E-state index contributed by atoms with van der Waals surface area (Å²) in [5, 5.41) is 0. The maximum absolute atomic E-state index is 14.5. The van der Waals surface area contributed by atoms with Crippen molar-refractivity contribution in [2.45, 2.75) is 79.6 Å². The van der Waals surface area contributed by atoms with Crippen molar-refractivity contribution >= 4 is 5.69 Å². The zero-order valence-electron chi connectivity index (χ0n) is 22.0. The van der Waals surface area contributed by atoms with Crippen molar-refractivity contribution in [3.63, 3.8) is 0 Å². The second kappa shape index (κ2) is 8.96. The fourth-order valence-corrected chi connectivity index (χ4v) is 5.27. The van der Waals surface area contributed by atoms with E-state index in [4.69, 9.17) is 12.7 Å². The molecule has 0 aromatic heterocycles. The molecule has 0 aliphatic carbocycles. The van der Waals surface area contributed by atoms with Crippen molar-refractivity contribution in [3.05, 3.63) is 74.4 Å². The quantitative estimate of drug-likeness (QED) is 0.441. The summed E-state index contributed by atoms with van der Waals surface area (Å²) in [7, 11) is 2.12. The predicted octanol–water partition coefficient (Wildman–Crippen LogP) is 7.31. The third-order valence-corrected chi connectivity index (χ3v) is 7.27. The minimum atomic E-state index is -0.859. The molecule has 0 radical (unpaired) electrons. The Bertz CT molecular complexity index is 1120. The molecule has 4 heteroatoms. The second-order valence-electron chi connectivity index (χ2n) is 9.90. The second-order valence-corrected chi connectivity index (χ2v) is 9.90. The lowest BCUT2D eigenvalue weighted by Gasteiger charge is -2.37. The van der Waals surface area contributed by atoms with Gasteiger partial charge in [-0.15, -0.1) is 0 Å². The Morgan fingerprint density at radius 1 is 1.16 bits per heavy atom. The summed E-state index contributed by atoms with van der Waals surface area (Å²) in [6.45, 7) is 24.7. The average molecular weight is 438 g/mol. The largest absolute Gasteiger partial charge is 0.358 e. The highest BCUT2D eigenvalue weighted by Gasteiger charge is 2.48. The Kier molecular flexibility index (Phi) is 6.43. The normalized spacial score (nSPS) is 21.6. The van der Waals surface area contributed by atoms with Crippen LogP contribution >= 0.6 is 0 Å². The van der Waals surface area contributed by atoms with E-state index in [2.05, 4.69) is 37.6 Å². The molecule has 2 aromatic carbocycles. The highest BCUT2D eigenvalue weighted by Crippen LogP contribution is 2.54. The van der Waals surface area contributed by atoms with E-state index in [9.17, 15) is 4.39 Å². The Hall–Kier alpha value is -2.22. The van der Waals surface area contributed by atoms with E-state index in [0.29, 0.717) is 35.3 Å². The van der Waals surface area contributed by atoms with Gasteiger partial charge in [-0.2, -0.15) is 0 Å². The fraction of sp³-hybridized carbons (Fsp3) is 0.536. The summed E-state index contributed by atoms with van der Waals surface area (Å²) < 4.78 is 30.4. The van der Waals surface area contributed by atoms with E-state index in [1.165, 1.54) is 6.07 Å². The van der Waals surface area contributed by atoms with Gasteiger partial charge in [0.1, 0.15) is 11.4 Å². The van der Waals surface area contributed by atoms with Gasteiger partial charge in [-0.3, -0.25) is 0 Å². The molecule has 0 bridgehead atoms. The number of hydrogen-bond donors (Lipinski definition) is 0. The summed E-state index contributed by atoms with van der Waals surface area (Å²) >= 11 is 0. The molecule has 0 saturated heterocycles. The molecule has 32 heavy (non-hydrogen) atoms. The van der Waals surface area contributed by atoms with E-state index in [-0.39, 0.29) is 17.8 Å². The maximum atomic E-state index is 14.5. The first-order valence-corrected chi connectivity index (χ1v) is 11.5. The van der Waals surface area contributed by atoms with Gasteiger partial charge in [0, 0.05) is 12.6 Å². The lowest BCUT2D eigenvalue weighted by Crippen LogP contribution is -2.36. The number of nitrogens with zero attached hydrogens (tertiary/aromatic N) is 2. The topological polar surface area (TPSA) is 16.8 Å². The molecule has 1 aliphatic rings. The zero-order chi connectivity index (χ0) is 24.8. The molecule has 0 amide bonds. The van der Waals surface area contributed by atoms with Gasteiger partial charge in [0.05, 0.1) is 14.0 Å². The number of benzene rings is 2. The van der Waals surface area contributed by atoms with Crippen LogP contribution in [0.2, 0.25) is 0 Å². The van der Waals surface area contributed by atoms with E-state index >= 15 is 0 Å². The summed E-state index contributed by atoms with van der Waals surface area (Å²) in [6, 6.07) is 4.15. The van der Waals surface area contributed by atoms with Crippen LogP contribution in [0.5, 0.6) is 0 Å². The number of hydrogen-bond acceptors (Lipinski definition) is 2. The Labute approximate surface area is 194 Å². The van der Waals surface area contributed by atoms with Gasteiger partial charge < -0.3 is 9.64 Å². The van der Waals surface area contributed by atoms with Gasteiger partial charge in [0.15, 0.2) is 5.69 Å². The molecule has 2 aromatic rings. The monoisotopic (exact) mass is 437 g/mol. The van der Waals surface area contributed by atoms with Gasteiger partial charge in [-0.05, 0) is 113 Å². The molecule has 0 saturated carbocycles. The molecular formula is C28H37FN2O. The van der Waals surface area contributed by atoms with E-state index in [0.717, 1.165) is 34.4 Å². The van der Waals surface area contributed by atoms with Gasteiger partial charge >= 0.3 is 0 Å². The van der Waals surface area contributed by atoms with Crippen LogP contribution in [-0.2, 0) is 10.3 Å². The summed E-state index contributed by atoms with van der Waals surface area (Å²) in [5.41, 5.74) is 5.47. The molecule has 3 nitrogen and oxygen atoms in total.